The van der Waals surface area contributed by atoms with Crippen molar-refractivity contribution in [3.05, 3.63) is 27.2 Å². The number of ketones is 1. The highest BCUT2D eigenvalue weighted by Gasteiger charge is 2.34. The molecule has 0 saturated carbocycles. The van der Waals surface area contributed by atoms with Gasteiger partial charge in [-0.25, -0.2) is 14.8 Å². The first-order chi connectivity index (χ1) is 14.7. The maximum atomic E-state index is 12.6. The standard InChI is InChI=1S/C19H24ClN5O5S/c1-4-10-15(20)24-16(21-10)17(27)22-11-6-7-25(8-12(11)30-5-2)19-23-13(9(3)26)14(31-19)18(28)29/h11-12H,4-8H2,1-3H3,(H,21,24)(H,22,27)(H,28,29)/t11-,12+/m0/s1. The van der Waals surface area contributed by atoms with E-state index in [1.54, 1.807) is 0 Å². The molecule has 168 valence electrons. The van der Waals surface area contributed by atoms with Gasteiger partial charge in [0.25, 0.3) is 5.91 Å². The third kappa shape index (κ3) is 5.05. The lowest BCUT2D eigenvalue weighted by atomic mass is 10.0. The van der Waals surface area contributed by atoms with E-state index < -0.39 is 11.8 Å². The van der Waals surface area contributed by atoms with Gasteiger partial charge in [-0.2, -0.15) is 0 Å². The number of hydrogen-bond donors (Lipinski definition) is 3. The predicted molar refractivity (Wildman–Crippen MR) is 116 cm³/mol. The van der Waals surface area contributed by atoms with Gasteiger partial charge in [0.1, 0.15) is 10.6 Å². The van der Waals surface area contributed by atoms with E-state index in [4.69, 9.17) is 16.3 Å². The number of ether oxygens (including phenoxy) is 1. The molecule has 1 amide bonds. The molecule has 0 aliphatic carbocycles. The summed E-state index contributed by atoms with van der Waals surface area (Å²) in [5, 5.41) is 13.0. The number of carbonyl (C=O) groups is 3. The van der Waals surface area contributed by atoms with Crippen molar-refractivity contribution in [2.45, 2.75) is 45.8 Å². The Labute approximate surface area is 188 Å². The van der Waals surface area contributed by atoms with E-state index >= 15 is 0 Å². The quantitative estimate of drug-likeness (QED) is 0.501. The molecule has 0 radical (unpaired) electrons. The molecular weight excluding hydrogens is 446 g/mol. The third-order valence-corrected chi connectivity index (χ3v) is 6.38. The summed E-state index contributed by atoms with van der Waals surface area (Å²) in [6.45, 7) is 6.40. The summed E-state index contributed by atoms with van der Waals surface area (Å²) in [5.74, 6) is -1.80. The highest BCUT2D eigenvalue weighted by Crippen LogP contribution is 2.30. The summed E-state index contributed by atoms with van der Waals surface area (Å²) in [5.41, 5.74) is 0.652. The van der Waals surface area contributed by atoms with Crippen LogP contribution in [-0.4, -0.2) is 69.6 Å². The molecule has 1 aliphatic heterocycles. The summed E-state index contributed by atoms with van der Waals surface area (Å²) in [6, 6.07) is -0.274. The van der Waals surface area contributed by atoms with Gasteiger partial charge < -0.3 is 25.0 Å². The van der Waals surface area contributed by atoms with Crippen molar-refractivity contribution in [2.24, 2.45) is 0 Å². The maximum absolute atomic E-state index is 12.6. The number of nitrogens with zero attached hydrogens (tertiary/aromatic N) is 3. The summed E-state index contributed by atoms with van der Waals surface area (Å²) in [6.07, 6.45) is 0.827. The summed E-state index contributed by atoms with van der Waals surface area (Å²) >= 11 is 6.99. The van der Waals surface area contributed by atoms with Gasteiger partial charge in [-0.3, -0.25) is 9.59 Å². The third-order valence-electron chi connectivity index (χ3n) is 4.97. The number of H-pyrrole nitrogens is 1. The molecule has 0 unspecified atom stereocenters. The Morgan fingerprint density at radius 1 is 1.35 bits per heavy atom. The Morgan fingerprint density at radius 3 is 2.65 bits per heavy atom. The number of nitrogens with one attached hydrogen (secondary N) is 2. The number of Topliss-reactive ketones (excluding diaryl/α,β-unsaturated/α-hetero) is 1. The average Bonchev–Trinajstić information content (AvgIpc) is 3.33. The van der Waals surface area contributed by atoms with Crippen molar-refractivity contribution < 1.29 is 24.2 Å². The van der Waals surface area contributed by atoms with Crippen molar-refractivity contribution in [3.8, 4) is 0 Å². The number of anilines is 1. The molecule has 3 heterocycles. The van der Waals surface area contributed by atoms with E-state index in [0.717, 1.165) is 11.3 Å². The highest BCUT2D eigenvalue weighted by atomic mass is 35.5. The van der Waals surface area contributed by atoms with Gasteiger partial charge in [0.15, 0.2) is 21.9 Å². The molecule has 10 nitrogen and oxygen atoms in total. The van der Waals surface area contributed by atoms with E-state index in [2.05, 4.69) is 20.3 Å². The van der Waals surface area contributed by atoms with Crippen LogP contribution in [0.15, 0.2) is 0 Å². The summed E-state index contributed by atoms with van der Waals surface area (Å²) < 4.78 is 5.85. The van der Waals surface area contributed by atoms with Gasteiger partial charge in [-0.1, -0.05) is 29.9 Å². The number of halogens is 1. The van der Waals surface area contributed by atoms with Crippen LogP contribution in [0.2, 0.25) is 5.15 Å². The van der Waals surface area contributed by atoms with Gasteiger partial charge in [-0.15, -0.1) is 0 Å². The van der Waals surface area contributed by atoms with Crippen LogP contribution in [0.3, 0.4) is 0 Å². The maximum Gasteiger partial charge on any atom is 0.348 e. The lowest BCUT2D eigenvalue weighted by Crippen LogP contribution is -2.55. The molecule has 1 saturated heterocycles. The van der Waals surface area contributed by atoms with Crippen molar-refractivity contribution >= 4 is 45.7 Å². The molecule has 31 heavy (non-hydrogen) atoms. The Balaban J connectivity index is 1.74. The number of aromatic carboxylic acids is 1. The molecule has 0 spiro atoms. The molecule has 1 aliphatic rings. The molecular formula is C19H24ClN5O5S. The minimum atomic E-state index is -1.18. The number of amides is 1. The Kier molecular flexibility index (Phi) is 7.29. The Bertz CT molecular complexity index is 959. The van der Waals surface area contributed by atoms with Crippen LogP contribution >= 0.6 is 22.9 Å². The van der Waals surface area contributed by atoms with Crippen molar-refractivity contribution in [2.75, 3.05) is 24.6 Å². The first-order valence-electron chi connectivity index (χ1n) is 9.91. The number of aromatic nitrogens is 3. The molecule has 2 aromatic heterocycles. The first kappa shape index (κ1) is 23.2. The molecule has 2 aromatic rings. The number of aryl methyl sites for hydroxylation is 1. The van der Waals surface area contributed by atoms with Gasteiger partial charge in [0, 0.05) is 26.6 Å². The Morgan fingerprint density at radius 2 is 2.10 bits per heavy atom. The SMILES string of the molecule is CCO[C@@H]1CN(c2nc(C(C)=O)c(C(=O)O)s2)CC[C@@H]1NC(=O)c1nc(Cl)c(CC)[nH]1. The normalized spacial score (nSPS) is 18.8. The Hall–Kier alpha value is -2.50. The minimum Gasteiger partial charge on any atom is -0.477 e. The molecule has 0 bridgehead atoms. The number of thiazole rings is 1. The molecule has 12 heteroatoms. The van der Waals surface area contributed by atoms with Crippen molar-refractivity contribution in [1.82, 2.24) is 20.3 Å². The minimum absolute atomic E-state index is 0.0442. The number of carbonyl (C=O) groups excluding carboxylic acids is 2. The number of piperidine rings is 1. The van der Waals surface area contributed by atoms with Crippen LogP contribution < -0.4 is 10.2 Å². The van der Waals surface area contributed by atoms with Gasteiger partial charge in [-0.05, 0) is 19.8 Å². The summed E-state index contributed by atoms with van der Waals surface area (Å²) in [7, 11) is 0. The lowest BCUT2D eigenvalue weighted by molar-refractivity contribution is 0.0271. The second kappa shape index (κ2) is 9.75. The fraction of sp³-hybridized carbons (Fsp3) is 0.526. The number of imidazole rings is 1. The number of rotatable bonds is 8. The fourth-order valence-corrected chi connectivity index (χ4v) is 4.69. The molecule has 1 fully saturated rings. The first-order valence-corrected chi connectivity index (χ1v) is 11.1. The topological polar surface area (TPSA) is 138 Å². The van der Waals surface area contributed by atoms with E-state index in [1.165, 1.54) is 6.92 Å². The zero-order valence-electron chi connectivity index (χ0n) is 17.4. The number of hydrogen-bond acceptors (Lipinski definition) is 8. The molecule has 0 aromatic carbocycles. The zero-order chi connectivity index (χ0) is 22.7. The van der Waals surface area contributed by atoms with E-state index in [0.29, 0.717) is 43.4 Å². The number of aromatic amines is 1. The van der Waals surface area contributed by atoms with Gasteiger partial charge in [0.2, 0.25) is 0 Å². The molecule has 3 rings (SSSR count). The smallest absolute Gasteiger partial charge is 0.348 e. The highest BCUT2D eigenvalue weighted by molar-refractivity contribution is 7.17. The van der Waals surface area contributed by atoms with Gasteiger partial charge >= 0.3 is 5.97 Å². The van der Waals surface area contributed by atoms with Crippen LogP contribution in [0.5, 0.6) is 0 Å². The van der Waals surface area contributed by atoms with Crippen LogP contribution in [0.1, 0.15) is 63.7 Å². The van der Waals surface area contributed by atoms with Crippen LogP contribution in [0, 0.1) is 0 Å². The van der Waals surface area contributed by atoms with E-state index in [-0.39, 0.29) is 39.6 Å². The molecule has 2 atom stereocenters. The van der Waals surface area contributed by atoms with E-state index in [9.17, 15) is 19.5 Å². The van der Waals surface area contributed by atoms with Crippen molar-refractivity contribution in [3.63, 3.8) is 0 Å². The predicted octanol–water partition coefficient (Wildman–Crippen LogP) is 2.40. The lowest BCUT2D eigenvalue weighted by Gasteiger charge is -2.38. The van der Waals surface area contributed by atoms with E-state index in [1.807, 2.05) is 18.7 Å². The van der Waals surface area contributed by atoms with Crippen molar-refractivity contribution in [1.29, 1.82) is 0 Å². The number of carboxylic acid groups (broad SMARTS) is 1. The summed E-state index contributed by atoms with van der Waals surface area (Å²) in [4.78, 5) is 48.9. The monoisotopic (exact) mass is 469 g/mol. The largest absolute Gasteiger partial charge is 0.477 e. The van der Waals surface area contributed by atoms with Gasteiger partial charge in [0.05, 0.1) is 17.8 Å². The van der Waals surface area contributed by atoms with Crippen LogP contribution in [0.25, 0.3) is 0 Å². The van der Waals surface area contributed by atoms with Crippen LogP contribution in [-0.2, 0) is 11.2 Å². The second-order valence-corrected chi connectivity index (χ2v) is 8.39. The molecule has 3 N–H and O–H groups in total. The average molecular weight is 470 g/mol. The zero-order valence-corrected chi connectivity index (χ0v) is 19.0. The second-order valence-electron chi connectivity index (χ2n) is 7.05. The fourth-order valence-electron chi connectivity index (χ4n) is 3.43. The number of carboxylic acids is 1. The van der Waals surface area contributed by atoms with Crippen LogP contribution in [0.4, 0.5) is 5.13 Å².